The second-order valence-electron chi connectivity index (χ2n) is 2.51. The minimum Gasteiger partial charge on any atom is -0.449 e. The molecule has 0 fully saturated rings. The number of hydrogen-bond donors (Lipinski definition) is 1. The molecule has 0 aromatic heterocycles. The Balaban J connectivity index is 3.55. The van der Waals surface area contributed by atoms with E-state index in [1.807, 2.05) is 6.92 Å². The van der Waals surface area contributed by atoms with Gasteiger partial charge in [0.25, 0.3) is 0 Å². The number of esters is 1. The predicted molar refractivity (Wildman–Crippen MR) is 44.1 cm³/mol. The van der Waals surface area contributed by atoms with E-state index >= 15 is 0 Å². The van der Waals surface area contributed by atoms with E-state index in [2.05, 4.69) is 4.74 Å². The molecule has 0 aliphatic heterocycles. The molecule has 0 spiro atoms. The van der Waals surface area contributed by atoms with Crippen molar-refractivity contribution in [3.05, 3.63) is 0 Å². The zero-order chi connectivity index (χ0) is 9.40. The maximum absolute atomic E-state index is 10.9. The fraction of sp³-hybridized carbons (Fsp3) is 0.750. The van der Waals surface area contributed by atoms with Crippen LogP contribution in [0.25, 0.3) is 0 Å². The van der Waals surface area contributed by atoms with Gasteiger partial charge in [-0.1, -0.05) is 19.8 Å². The molecular weight excluding hydrogens is 156 g/mol. The highest BCUT2D eigenvalue weighted by molar-refractivity contribution is 5.75. The van der Waals surface area contributed by atoms with Gasteiger partial charge in [-0.05, 0) is 6.42 Å². The molecule has 4 nitrogen and oxygen atoms in total. The molecular formula is C8H14N2O2. The van der Waals surface area contributed by atoms with E-state index in [0.29, 0.717) is 6.42 Å². The third kappa shape index (κ3) is 4.69. The van der Waals surface area contributed by atoms with E-state index in [-0.39, 0.29) is 6.61 Å². The molecule has 68 valence electrons. The number of nitrogens with two attached hydrogens (primary N) is 1. The van der Waals surface area contributed by atoms with Gasteiger partial charge >= 0.3 is 5.97 Å². The molecule has 0 bridgehead atoms. The third-order valence-electron chi connectivity index (χ3n) is 1.45. The summed E-state index contributed by atoms with van der Waals surface area (Å²) in [5.41, 5.74) is 5.46. The summed E-state index contributed by atoms with van der Waals surface area (Å²) in [6, 6.07) is 1.14. The highest BCUT2D eigenvalue weighted by atomic mass is 16.5. The molecule has 0 saturated heterocycles. The second-order valence-corrected chi connectivity index (χ2v) is 2.51. The van der Waals surface area contributed by atoms with Crippen molar-refractivity contribution in [1.82, 2.24) is 0 Å². The van der Waals surface area contributed by atoms with E-state index in [0.717, 1.165) is 12.8 Å². The van der Waals surface area contributed by atoms with Crippen molar-refractivity contribution in [2.45, 2.75) is 32.2 Å². The average Bonchev–Trinajstić information content (AvgIpc) is 2.10. The smallest absolute Gasteiger partial charge is 0.323 e. The molecule has 0 rings (SSSR count). The number of nitriles is 1. The molecule has 0 aromatic carbocycles. The fourth-order valence-electron chi connectivity index (χ4n) is 0.752. The molecule has 0 unspecified atom stereocenters. The molecule has 0 heterocycles. The van der Waals surface area contributed by atoms with Crippen molar-refractivity contribution in [2.24, 2.45) is 5.73 Å². The van der Waals surface area contributed by atoms with Crippen LogP contribution < -0.4 is 5.73 Å². The fourth-order valence-corrected chi connectivity index (χ4v) is 0.752. The van der Waals surface area contributed by atoms with Gasteiger partial charge in [0, 0.05) is 0 Å². The molecule has 0 aliphatic rings. The van der Waals surface area contributed by atoms with Gasteiger partial charge in [0.05, 0.1) is 0 Å². The molecule has 2 N–H and O–H groups in total. The maximum Gasteiger partial charge on any atom is 0.323 e. The first kappa shape index (κ1) is 10.9. The highest BCUT2D eigenvalue weighted by Gasteiger charge is 2.13. The van der Waals surface area contributed by atoms with E-state index in [1.165, 1.54) is 0 Å². The van der Waals surface area contributed by atoms with E-state index < -0.39 is 12.0 Å². The van der Waals surface area contributed by atoms with Gasteiger partial charge in [0.15, 0.2) is 6.61 Å². The molecule has 0 radical (unpaired) electrons. The van der Waals surface area contributed by atoms with Gasteiger partial charge < -0.3 is 10.5 Å². The van der Waals surface area contributed by atoms with Crippen LogP contribution in [0.5, 0.6) is 0 Å². The van der Waals surface area contributed by atoms with Crippen LogP contribution >= 0.6 is 0 Å². The lowest BCUT2D eigenvalue weighted by molar-refractivity contribution is -0.143. The Hall–Kier alpha value is -1.08. The summed E-state index contributed by atoms with van der Waals surface area (Å²) in [4.78, 5) is 10.9. The van der Waals surface area contributed by atoms with Crippen LogP contribution in [0.4, 0.5) is 0 Å². The topological polar surface area (TPSA) is 76.1 Å². The first-order valence-electron chi connectivity index (χ1n) is 4.01. The van der Waals surface area contributed by atoms with Gasteiger partial charge in [0.2, 0.25) is 0 Å². The summed E-state index contributed by atoms with van der Waals surface area (Å²) < 4.78 is 4.52. The van der Waals surface area contributed by atoms with Crippen LogP contribution in [0.3, 0.4) is 0 Å². The van der Waals surface area contributed by atoms with Crippen molar-refractivity contribution >= 4 is 5.97 Å². The molecule has 0 aliphatic carbocycles. The largest absolute Gasteiger partial charge is 0.449 e. The quantitative estimate of drug-likeness (QED) is 0.612. The van der Waals surface area contributed by atoms with E-state index in [9.17, 15) is 4.79 Å². The van der Waals surface area contributed by atoms with Crippen molar-refractivity contribution in [3.8, 4) is 6.07 Å². The summed E-state index contributed by atoms with van der Waals surface area (Å²) in [6.07, 6.45) is 2.53. The van der Waals surface area contributed by atoms with Crippen LogP contribution in [-0.2, 0) is 9.53 Å². The lowest BCUT2D eigenvalue weighted by Crippen LogP contribution is -2.32. The molecule has 0 aromatic rings. The Bertz CT molecular complexity index is 174. The van der Waals surface area contributed by atoms with Crippen molar-refractivity contribution in [3.63, 3.8) is 0 Å². The zero-order valence-electron chi connectivity index (χ0n) is 7.25. The molecule has 0 amide bonds. The first-order valence-corrected chi connectivity index (χ1v) is 4.01. The molecule has 12 heavy (non-hydrogen) atoms. The lowest BCUT2D eigenvalue weighted by Gasteiger charge is -2.07. The summed E-state index contributed by atoms with van der Waals surface area (Å²) >= 11 is 0. The van der Waals surface area contributed by atoms with Crippen LogP contribution in [-0.4, -0.2) is 18.6 Å². The van der Waals surface area contributed by atoms with Crippen molar-refractivity contribution < 1.29 is 9.53 Å². The van der Waals surface area contributed by atoms with Crippen molar-refractivity contribution in [2.75, 3.05) is 6.61 Å². The normalized spacial score (nSPS) is 11.8. The Morgan fingerprint density at radius 1 is 1.75 bits per heavy atom. The van der Waals surface area contributed by atoms with Gasteiger partial charge in [-0.3, -0.25) is 4.79 Å². The number of carbonyl (C=O) groups is 1. The van der Waals surface area contributed by atoms with Crippen LogP contribution in [0, 0.1) is 11.3 Å². The standard InChI is InChI=1S/C8H14N2O2/c1-2-3-4-7(10)8(11)12-6-5-9/h7H,2-4,6,10H2,1H3/t7-/m0/s1. The number of nitrogens with zero attached hydrogens (tertiary/aromatic N) is 1. The number of unbranched alkanes of at least 4 members (excludes halogenated alkanes) is 1. The Kier molecular flexibility index (Phi) is 6.02. The van der Waals surface area contributed by atoms with Crippen LogP contribution in [0.15, 0.2) is 0 Å². The van der Waals surface area contributed by atoms with Gasteiger partial charge in [0.1, 0.15) is 12.1 Å². The minimum absolute atomic E-state index is 0.210. The number of rotatable bonds is 5. The molecule has 0 saturated carbocycles. The maximum atomic E-state index is 10.9. The van der Waals surface area contributed by atoms with Crippen LogP contribution in [0.1, 0.15) is 26.2 Å². The predicted octanol–water partition coefficient (Wildman–Crippen LogP) is 0.571. The van der Waals surface area contributed by atoms with Gasteiger partial charge in [-0.2, -0.15) is 5.26 Å². The highest BCUT2D eigenvalue weighted by Crippen LogP contribution is 1.99. The zero-order valence-corrected chi connectivity index (χ0v) is 7.25. The summed E-state index contributed by atoms with van der Waals surface area (Å²) in [7, 11) is 0. The van der Waals surface area contributed by atoms with Gasteiger partial charge in [-0.15, -0.1) is 0 Å². The third-order valence-corrected chi connectivity index (χ3v) is 1.45. The molecule has 4 heteroatoms. The Morgan fingerprint density at radius 3 is 2.92 bits per heavy atom. The van der Waals surface area contributed by atoms with Crippen molar-refractivity contribution in [1.29, 1.82) is 5.26 Å². The first-order chi connectivity index (χ1) is 5.72. The monoisotopic (exact) mass is 170 g/mol. The summed E-state index contributed by atoms with van der Waals surface area (Å²) in [6.45, 7) is 1.81. The number of hydrogen-bond acceptors (Lipinski definition) is 4. The average molecular weight is 170 g/mol. The number of carbonyl (C=O) groups excluding carboxylic acids is 1. The second kappa shape index (κ2) is 6.62. The van der Waals surface area contributed by atoms with E-state index in [1.54, 1.807) is 6.07 Å². The number of ether oxygens (including phenoxy) is 1. The Labute approximate surface area is 72.3 Å². The Morgan fingerprint density at radius 2 is 2.42 bits per heavy atom. The SMILES string of the molecule is CCCC[C@H](N)C(=O)OCC#N. The summed E-state index contributed by atoms with van der Waals surface area (Å²) in [5.74, 6) is -0.481. The minimum atomic E-state index is -0.571. The molecule has 1 atom stereocenters. The summed E-state index contributed by atoms with van der Waals surface area (Å²) in [5, 5.41) is 8.10. The van der Waals surface area contributed by atoms with Crippen LogP contribution in [0.2, 0.25) is 0 Å². The van der Waals surface area contributed by atoms with Gasteiger partial charge in [-0.25, -0.2) is 0 Å². The lowest BCUT2D eigenvalue weighted by atomic mass is 10.1. The van der Waals surface area contributed by atoms with E-state index in [4.69, 9.17) is 11.0 Å².